The highest BCUT2D eigenvalue weighted by molar-refractivity contribution is 5.72. The van der Waals surface area contributed by atoms with Crippen LogP contribution < -0.4 is 4.74 Å². The van der Waals surface area contributed by atoms with Crippen molar-refractivity contribution in [2.45, 2.75) is 6.42 Å². The Balaban J connectivity index is 2.01. The van der Waals surface area contributed by atoms with Crippen LogP contribution in [0.15, 0.2) is 43.0 Å². The zero-order valence-electron chi connectivity index (χ0n) is 9.71. The third-order valence-electron chi connectivity index (χ3n) is 3.31. The second-order valence-electron chi connectivity index (χ2n) is 4.34. The molecule has 0 unspecified atom stereocenters. The topological polar surface area (TPSA) is 39.4 Å². The summed E-state index contributed by atoms with van der Waals surface area (Å²) in [5, 5.41) is 0. The van der Waals surface area contributed by atoms with E-state index in [1.54, 1.807) is 12.4 Å². The monoisotopic (exact) mass is 237 g/mol. The largest absolute Gasteiger partial charge is 0.492 e. The molecule has 0 spiro atoms. The van der Waals surface area contributed by atoms with Crippen molar-refractivity contribution in [2.75, 3.05) is 6.61 Å². The summed E-state index contributed by atoms with van der Waals surface area (Å²) in [7, 11) is 0. The number of para-hydroxylation sites is 1. The number of imidazole rings is 1. The molecule has 2 aromatic heterocycles. The molecule has 0 fully saturated rings. The van der Waals surface area contributed by atoms with Crippen LogP contribution in [0.5, 0.6) is 5.75 Å². The summed E-state index contributed by atoms with van der Waals surface area (Å²) in [4.78, 5) is 8.44. The van der Waals surface area contributed by atoms with Crippen molar-refractivity contribution in [2.24, 2.45) is 0 Å². The molecule has 3 aromatic rings. The van der Waals surface area contributed by atoms with Crippen LogP contribution in [-0.4, -0.2) is 21.0 Å². The molecule has 0 saturated carbocycles. The fourth-order valence-electron chi connectivity index (χ4n) is 2.46. The number of hydrogen-bond acceptors (Lipinski definition) is 3. The zero-order chi connectivity index (χ0) is 11.9. The number of aromatic nitrogens is 3. The van der Waals surface area contributed by atoms with E-state index in [-0.39, 0.29) is 0 Å². The molecule has 4 nitrogen and oxygen atoms in total. The molecule has 1 aliphatic rings. The first kappa shape index (κ1) is 9.65. The van der Waals surface area contributed by atoms with E-state index in [1.807, 2.05) is 16.8 Å². The van der Waals surface area contributed by atoms with Gasteiger partial charge in [-0.05, 0) is 11.6 Å². The Kier molecular flexibility index (Phi) is 1.91. The van der Waals surface area contributed by atoms with Gasteiger partial charge in [-0.1, -0.05) is 12.1 Å². The molecule has 0 amide bonds. The molecule has 0 radical (unpaired) electrons. The van der Waals surface area contributed by atoms with Gasteiger partial charge in [-0.3, -0.25) is 9.38 Å². The van der Waals surface area contributed by atoms with Gasteiger partial charge in [0, 0.05) is 24.4 Å². The molecular formula is C14H11N3O. The summed E-state index contributed by atoms with van der Waals surface area (Å²) < 4.78 is 7.78. The smallest absolute Gasteiger partial charge is 0.155 e. The van der Waals surface area contributed by atoms with Gasteiger partial charge in [0.05, 0.1) is 24.7 Å². The van der Waals surface area contributed by atoms with E-state index in [9.17, 15) is 0 Å². The number of rotatable bonds is 1. The fraction of sp³-hybridized carbons (Fsp3) is 0.143. The first-order valence-corrected chi connectivity index (χ1v) is 5.95. The minimum atomic E-state index is 0.768. The van der Waals surface area contributed by atoms with Crippen LogP contribution in [0.4, 0.5) is 0 Å². The highest BCUT2D eigenvalue weighted by atomic mass is 16.5. The van der Waals surface area contributed by atoms with Crippen LogP contribution in [-0.2, 0) is 6.42 Å². The summed E-state index contributed by atoms with van der Waals surface area (Å²) in [6.45, 7) is 0.768. The molecule has 1 aromatic carbocycles. The number of benzene rings is 1. The summed E-state index contributed by atoms with van der Waals surface area (Å²) in [6.07, 6.45) is 8.30. The molecule has 0 aliphatic carbocycles. The van der Waals surface area contributed by atoms with Crippen LogP contribution in [0.3, 0.4) is 0 Å². The van der Waals surface area contributed by atoms with Gasteiger partial charge in [-0.15, -0.1) is 0 Å². The highest BCUT2D eigenvalue weighted by Gasteiger charge is 2.18. The van der Waals surface area contributed by atoms with Gasteiger partial charge in [0.15, 0.2) is 5.65 Å². The number of hydrogen-bond donors (Lipinski definition) is 0. The van der Waals surface area contributed by atoms with Crippen molar-refractivity contribution >= 4 is 5.65 Å². The van der Waals surface area contributed by atoms with E-state index in [0.717, 1.165) is 35.7 Å². The van der Waals surface area contributed by atoms with Crippen LogP contribution in [0.2, 0.25) is 0 Å². The average Bonchev–Trinajstić information content (AvgIpc) is 3.05. The van der Waals surface area contributed by atoms with Crippen molar-refractivity contribution in [3.8, 4) is 17.0 Å². The van der Waals surface area contributed by atoms with E-state index < -0.39 is 0 Å². The second kappa shape index (κ2) is 3.57. The Labute approximate surface area is 104 Å². The van der Waals surface area contributed by atoms with Gasteiger partial charge in [-0.2, -0.15) is 0 Å². The second-order valence-corrected chi connectivity index (χ2v) is 4.34. The van der Waals surface area contributed by atoms with Crippen LogP contribution in [0.25, 0.3) is 16.9 Å². The van der Waals surface area contributed by atoms with Gasteiger partial charge in [0.25, 0.3) is 0 Å². The normalized spacial score (nSPS) is 13.6. The number of nitrogens with zero attached hydrogens (tertiary/aromatic N) is 3. The molecule has 88 valence electrons. The Morgan fingerprint density at radius 3 is 3.22 bits per heavy atom. The summed E-state index contributed by atoms with van der Waals surface area (Å²) in [6, 6.07) is 6.27. The van der Waals surface area contributed by atoms with Gasteiger partial charge < -0.3 is 4.74 Å². The Bertz CT molecular complexity index is 733. The standard InChI is InChI=1S/C14H11N3O/c1-2-10-4-7-18-14(10)11(3-1)12-8-16-13-9-15-5-6-17(12)13/h1-3,5-6,8-9H,4,7H2. The minimum Gasteiger partial charge on any atom is -0.492 e. The van der Waals surface area contributed by atoms with E-state index in [4.69, 9.17) is 4.74 Å². The molecule has 0 N–H and O–H groups in total. The third kappa shape index (κ3) is 1.26. The fourth-order valence-corrected chi connectivity index (χ4v) is 2.46. The lowest BCUT2D eigenvalue weighted by atomic mass is 10.1. The lowest BCUT2D eigenvalue weighted by Crippen LogP contribution is -1.92. The van der Waals surface area contributed by atoms with Crippen LogP contribution in [0, 0.1) is 0 Å². The van der Waals surface area contributed by atoms with Crippen molar-refractivity contribution < 1.29 is 4.74 Å². The van der Waals surface area contributed by atoms with Gasteiger partial charge in [0.2, 0.25) is 0 Å². The van der Waals surface area contributed by atoms with Gasteiger partial charge >= 0.3 is 0 Å². The summed E-state index contributed by atoms with van der Waals surface area (Å²) >= 11 is 0. The van der Waals surface area contributed by atoms with Crippen molar-refractivity contribution in [1.82, 2.24) is 14.4 Å². The molecule has 4 heteroatoms. The van der Waals surface area contributed by atoms with Crippen molar-refractivity contribution in [3.05, 3.63) is 48.5 Å². The molecule has 0 atom stereocenters. The lowest BCUT2D eigenvalue weighted by Gasteiger charge is -2.07. The maximum absolute atomic E-state index is 5.75. The highest BCUT2D eigenvalue weighted by Crippen LogP contribution is 2.36. The third-order valence-corrected chi connectivity index (χ3v) is 3.31. The quantitative estimate of drug-likeness (QED) is 0.652. The van der Waals surface area contributed by atoms with E-state index >= 15 is 0 Å². The first-order chi connectivity index (χ1) is 8.93. The Hall–Kier alpha value is -2.36. The first-order valence-electron chi connectivity index (χ1n) is 5.95. The molecule has 0 bridgehead atoms. The van der Waals surface area contributed by atoms with Crippen molar-refractivity contribution in [1.29, 1.82) is 0 Å². The molecule has 4 rings (SSSR count). The number of fused-ring (bicyclic) bond motifs is 2. The molecule has 18 heavy (non-hydrogen) atoms. The van der Waals surface area contributed by atoms with E-state index in [2.05, 4.69) is 28.2 Å². The van der Waals surface area contributed by atoms with Crippen LogP contribution >= 0.6 is 0 Å². The Morgan fingerprint density at radius 1 is 1.22 bits per heavy atom. The van der Waals surface area contributed by atoms with E-state index in [0.29, 0.717) is 0 Å². The maximum Gasteiger partial charge on any atom is 0.155 e. The number of ether oxygens (including phenoxy) is 1. The maximum atomic E-state index is 5.75. The Morgan fingerprint density at radius 2 is 2.22 bits per heavy atom. The predicted octanol–water partition coefficient (Wildman–Crippen LogP) is 2.33. The predicted molar refractivity (Wildman–Crippen MR) is 67.6 cm³/mol. The summed E-state index contributed by atoms with van der Waals surface area (Å²) in [5.41, 5.74) is 4.27. The molecule has 3 heterocycles. The van der Waals surface area contributed by atoms with Gasteiger partial charge in [0.1, 0.15) is 5.75 Å². The minimum absolute atomic E-state index is 0.768. The average molecular weight is 237 g/mol. The van der Waals surface area contributed by atoms with E-state index in [1.165, 1.54) is 5.56 Å². The zero-order valence-corrected chi connectivity index (χ0v) is 9.71. The van der Waals surface area contributed by atoms with Crippen molar-refractivity contribution in [3.63, 3.8) is 0 Å². The lowest BCUT2D eigenvalue weighted by molar-refractivity contribution is 0.358. The molecule has 0 saturated heterocycles. The van der Waals surface area contributed by atoms with Crippen LogP contribution in [0.1, 0.15) is 5.56 Å². The summed E-state index contributed by atoms with van der Waals surface area (Å²) in [5.74, 6) is 0.996. The molecular weight excluding hydrogens is 226 g/mol. The SMILES string of the molecule is c1cc2c(c(-c3cnc4cnccn34)c1)OCC2. The van der Waals surface area contributed by atoms with Gasteiger partial charge in [-0.25, -0.2) is 4.98 Å². The molecule has 1 aliphatic heterocycles.